The number of ether oxygens (including phenoxy) is 1. The van der Waals surface area contributed by atoms with Crippen molar-refractivity contribution in [2.24, 2.45) is 0 Å². The summed E-state index contributed by atoms with van der Waals surface area (Å²) in [6, 6.07) is 12.5. The van der Waals surface area contributed by atoms with Gasteiger partial charge in [0.25, 0.3) is 5.91 Å². The normalized spacial score (nSPS) is 17.2. The van der Waals surface area contributed by atoms with Crippen molar-refractivity contribution in [1.82, 2.24) is 45.5 Å². The predicted octanol–water partition coefficient (Wildman–Crippen LogP) is 5.82. The number of aromatic nitrogens is 4. The van der Waals surface area contributed by atoms with Crippen molar-refractivity contribution in [3.05, 3.63) is 95.4 Å². The summed E-state index contributed by atoms with van der Waals surface area (Å²) in [6.07, 6.45) is 13.8. The molecule has 358 valence electrons. The Morgan fingerprint density at radius 3 is 2.34 bits per heavy atom. The second-order valence-electron chi connectivity index (χ2n) is 17.7. The van der Waals surface area contributed by atoms with Crippen LogP contribution in [0, 0.1) is 11.6 Å². The van der Waals surface area contributed by atoms with Crippen LogP contribution in [0.5, 0.6) is 0 Å². The summed E-state index contributed by atoms with van der Waals surface area (Å²) in [6.45, 7) is 5.62. The summed E-state index contributed by atoms with van der Waals surface area (Å²) >= 11 is 0. The molecular weight excluding hydrogens is 875 g/mol. The Labute approximate surface area is 393 Å². The molecule has 0 aliphatic carbocycles. The van der Waals surface area contributed by atoms with Crippen molar-refractivity contribution in [2.75, 3.05) is 64.3 Å². The van der Waals surface area contributed by atoms with Crippen molar-refractivity contribution >= 4 is 46.6 Å². The number of anilines is 1. The Morgan fingerprint density at radius 2 is 1.59 bits per heavy atom. The molecule has 1 atom stereocenters. The number of rotatable bonds is 20. The third-order valence-electron chi connectivity index (χ3n) is 12.9. The Morgan fingerprint density at radius 1 is 0.853 bits per heavy atom. The van der Waals surface area contributed by atoms with Gasteiger partial charge < -0.3 is 20.7 Å². The van der Waals surface area contributed by atoms with Gasteiger partial charge in [0.05, 0.1) is 60.5 Å². The number of nitrogens with zero attached hydrogens (tertiary/aromatic N) is 6. The molecule has 3 saturated heterocycles. The first-order valence-corrected chi connectivity index (χ1v) is 23.7. The molecule has 5 heterocycles. The number of hydrogen-bond acceptors (Lipinski definition) is 12. The summed E-state index contributed by atoms with van der Waals surface area (Å²) in [5.74, 6) is -2.65. The minimum absolute atomic E-state index is 0.0170. The Bertz CT molecular complexity index is 2590. The lowest BCUT2D eigenvalue weighted by Gasteiger charge is -2.31. The lowest BCUT2D eigenvalue weighted by atomic mass is 10.0. The highest BCUT2D eigenvalue weighted by molar-refractivity contribution is 6.09. The topological polar surface area (TPSA) is 193 Å². The molecule has 5 aromatic rings. The van der Waals surface area contributed by atoms with Gasteiger partial charge >= 0.3 is 0 Å². The maximum absolute atomic E-state index is 15.4. The van der Waals surface area contributed by atoms with E-state index in [0.717, 1.165) is 70.0 Å². The lowest BCUT2D eigenvalue weighted by Crippen LogP contribution is -2.52. The number of carbonyl (C=O) groups is 5. The number of piperidine rings is 2. The molecule has 3 aromatic carbocycles. The quantitative estimate of drug-likeness (QED) is 0.0416. The number of amides is 4. The second kappa shape index (κ2) is 23.0. The first-order chi connectivity index (χ1) is 33.1. The highest BCUT2D eigenvalue weighted by Crippen LogP contribution is 2.32. The third kappa shape index (κ3) is 12.1. The van der Waals surface area contributed by atoms with Gasteiger partial charge in [-0.05, 0) is 61.9 Å². The van der Waals surface area contributed by atoms with Crippen LogP contribution in [0.4, 0.5) is 14.5 Å². The molecule has 0 bridgehead atoms. The zero-order valence-corrected chi connectivity index (χ0v) is 38.1. The molecule has 2 aromatic heterocycles. The summed E-state index contributed by atoms with van der Waals surface area (Å²) in [5, 5.41) is 15.9. The number of nitrogens with one attached hydrogen (secondary N) is 4. The van der Waals surface area contributed by atoms with E-state index in [4.69, 9.17) is 9.72 Å². The van der Waals surface area contributed by atoms with E-state index >= 15 is 8.78 Å². The average Bonchev–Trinajstić information content (AvgIpc) is 3.85. The lowest BCUT2D eigenvalue weighted by molar-refractivity contribution is -0.134. The van der Waals surface area contributed by atoms with Crippen LogP contribution in [-0.4, -0.2) is 125 Å². The number of unbranched alkanes of at least 4 members (excludes halogenated alkanes) is 5. The summed E-state index contributed by atoms with van der Waals surface area (Å²) in [7, 11) is 0. The van der Waals surface area contributed by atoms with Gasteiger partial charge in [0.15, 0.2) is 6.29 Å². The van der Waals surface area contributed by atoms with Gasteiger partial charge in [0, 0.05) is 86.4 Å². The van der Waals surface area contributed by atoms with E-state index in [-0.39, 0.29) is 53.9 Å². The molecule has 3 fully saturated rings. The number of likely N-dealkylation sites (tertiary alicyclic amines) is 1. The number of fused-ring (bicyclic) bond motifs is 1. The second-order valence-corrected chi connectivity index (χ2v) is 17.7. The van der Waals surface area contributed by atoms with E-state index in [9.17, 15) is 24.0 Å². The summed E-state index contributed by atoms with van der Waals surface area (Å²) < 4.78 is 38.1. The Hall–Kier alpha value is -6.50. The molecule has 3 aliphatic heterocycles. The molecule has 3 aliphatic rings. The van der Waals surface area contributed by atoms with Gasteiger partial charge in [-0.2, -0.15) is 5.10 Å². The van der Waals surface area contributed by atoms with Gasteiger partial charge in [-0.1, -0.05) is 49.9 Å². The highest BCUT2D eigenvalue weighted by Gasteiger charge is 2.30. The fraction of sp³-hybridized carbons (Fsp3) is 0.440. The average molecular weight is 933 g/mol. The molecule has 4 amide bonds. The Balaban J connectivity index is 0.726. The maximum Gasteiger partial charge on any atom is 0.254 e. The molecule has 68 heavy (non-hydrogen) atoms. The third-order valence-corrected chi connectivity index (χ3v) is 12.9. The van der Waals surface area contributed by atoms with E-state index in [1.54, 1.807) is 36.7 Å². The van der Waals surface area contributed by atoms with E-state index in [1.165, 1.54) is 12.1 Å². The van der Waals surface area contributed by atoms with E-state index in [2.05, 4.69) is 36.2 Å². The van der Waals surface area contributed by atoms with Crippen molar-refractivity contribution in [3.63, 3.8) is 0 Å². The number of carbonyl (C=O) groups excluding carboxylic acids is 5. The van der Waals surface area contributed by atoms with Crippen molar-refractivity contribution < 1.29 is 37.5 Å². The number of morpholine rings is 1. The van der Waals surface area contributed by atoms with Gasteiger partial charge in [-0.3, -0.25) is 48.8 Å². The van der Waals surface area contributed by atoms with Crippen LogP contribution in [0.15, 0.2) is 67.1 Å². The van der Waals surface area contributed by atoms with Crippen LogP contribution in [0.1, 0.15) is 96.5 Å². The number of para-hydroxylation sites is 1. The fourth-order valence-electron chi connectivity index (χ4n) is 9.11. The Kier molecular flexibility index (Phi) is 16.2. The van der Waals surface area contributed by atoms with Crippen LogP contribution in [-0.2, 0) is 25.7 Å². The number of benzene rings is 3. The number of imide groups is 1. The molecule has 4 N–H and O–H groups in total. The fourth-order valence-corrected chi connectivity index (χ4v) is 9.11. The first-order valence-electron chi connectivity index (χ1n) is 23.7. The largest absolute Gasteiger partial charge is 0.384 e. The number of aldehydes is 1. The van der Waals surface area contributed by atoms with Gasteiger partial charge in [0.2, 0.25) is 17.7 Å². The van der Waals surface area contributed by atoms with E-state index < -0.39 is 29.5 Å². The van der Waals surface area contributed by atoms with Crippen molar-refractivity contribution in [1.29, 1.82) is 0 Å². The van der Waals surface area contributed by atoms with Crippen molar-refractivity contribution in [3.8, 4) is 22.4 Å². The van der Waals surface area contributed by atoms with Crippen LogP contribution < -0.4 is 21.3 Å². The van der Waals surface area contributed by atoms with Gasteiger partial charge in [-0.15, -0.1) is 0 Å². The number of hydrogen-bond donors (Lipinski definition) is 4. The molecule has 18 heteroatoms. The zero-order chi connectivity index (χ0) is 47.4. The smallest absolute Gasteiger partial charge is 0.254 e. The molecule has 0 spiro atoms. The van der Waals surface area contributed by atoms with E-state index in [0.29, 0.717) is 85.8 Å². The van der Waals surface area contributed by atoms with Crippen LogP contribution in [0.25, 0.3) is 33.4 Å². The molecular formula is C50H58F2N10O6. The highest BCUT2D eigenvalue weighted by atomic mass is 19.1. The summed E-state index contributed by atoms with van der Waals surface area (Å²) in [5.41, 5.74) is 4.48. The molecule has 8 rings (SSSR count). The van der Waals surface area contributed by atoms with Crippen molar-refractivity contribution in [2.45, 2.75) is 82.8 Å². The predicted molar refractivity (Wildman–Crippen MR) is 252 cm³/mol. The van der Waals surface area contributed by atoms with Gasteiger partial charge in [0.1, 0.15) is 17.7 Å². The molecule has 16 nitrogen and oxygen atoms in total. The number of halogens is 2. The molecule has 1 unspecified atom stereocenters. The minimum atomic E-state index is -0.845. The zero-order valence-electron chi connectivity index (χ0n) is 38.1. The maximum atomic E-state index is 15.4. The van der Waals surface area contributed by atoms with Gasteiger partial charge in [-0.25, -0.2) is 13.8 Å². The summed E-state index contributed by atoms with van der Waals surface area (Å²) in [4.78, 5) is 75.1. The monoisotopic (exact) mass is 932 g/mol. The van der Waals surface area contributed by atoms with Crippen LogP contribution in [0.2, 0.25) is 0 Å². The minimum Gasteiger partial charge on any atom is -0.384 e. The first kappa shape index (κ1) is 48.0. The standard InChI is InChI=1S/C50H58F2N10O6/c51-39-25-34(26-40(52)38(39)30-61-21-23-68-24-22-61)37-10-8-12-42-48(37)57-44(28-55-42)35-27-56-62(29-35)36-15-19-60(20-16-36)31-46(65)54-18-6-4-2-1-3-5-17-53-41-11-7-9-33(32-63)47(41)50(67)58-43-13-14-45(64)59-49(43)66/h7-12,25-29,32,36,43,53H,1-6,13-24,30-31H2,(H,54,65)(H,58,67)(H,59,64,66). The SMILES string of the molecule is O=Cc1cccc(NCCCCCCCCNC(=O)CN2CCC(n3cc(-c4cnc5cccc(-c6cc(F)c(CN7CCOCC7)c(F)c6)c5n4)cn3)CC2)c1C(=O)NC1CCC(=O)NC1=O. The molecule has 0 saturated carbocycles. The molecule has 0 radical (unpaired) electrons. The van der Waals surface area contributed by atoms with Crippen LogP contribution in [0.3, 0.4) is 0 Å². The van der Waals surface area contributed by atoms with Crippen LogP contribution >= 0.6 is 0 Å². The van der Waals surface area contributed by atoms with E-state index in [1.807, 2.05) is 27.9 Å².